The zero-order valence-corrected chi connectivity index (χ0v) is 16.5. The number of amides is 2. The van der Waals surface area contributed by atoms with Gasteiger partial charge in [-0.25, -0.2) is 14.8 Å². The van der Waals surface area contributed by atoms with Crippen LogP contribution in [-0.2, 0) is 17.7 Å². The normalized spacial score (nSPS) is 16.0. The maximum atomic E-state index is 12.4. The molecule has 7 nitrogen and oxygen atoms in total. The van der Waals surface area contributed by atoms with E-state index in [9.17, 15) is 9.35 Å². The fourth-order valence-electron chi connectivity index (χ4n) is 2.80. The first kappa shape index (κ1) is 19.7. The molecule has 1 unspecified atom stereocenters. The lowest BCUT2D eigenvalue weighted by Gasteiger charge is -2.31. The van der Waals surface area contributed by atoms with Gasteiger partial charge in [0.05, 0.1) is 5.02 Å². The number of nitrogens with zero attached hydrogens (tertiary/aromatic N) is 3. The molecule has 9 heteroatoms. The van der Waals surface area contributed by atoms with Crippen LogP contribution in [0.25, 0.3) is 0 Å². The van der Waals surface area contributed by atoms with Crippen molar-refractivity contribution in [2.75, 3.05) is 19.3 Å². The van der Waals surface area contributed by atoms with Crippen molar-refractivity contribution in [2.45, 2.75) is 30.4 Å². The molecule has 1 aromatic heterocycles. The number of carbonyl (C=O) groups is 1. The van der Waals surface area contributed by atoms with E-state index in [1.165, 1.54) is 0 Å². The Morgan fingerprint density at radius 1 is 1.37 bits per heavy atom. The molecule has 1 aliphatic rings. The highest BCUT2D eigenvalue weighted by atomic mass is 35.5. The molecule has 27 heavy (non-hydrogen) atoms. The first-order valence-corrected chi connectivity index (χ1v) is 10.5. The van der Waals surface area contributed by atoms with Crippen molar-refractivity contribution >= 4 is 28.8 Å². The Balaban J connectivity index is 1.46. The van der Waals surface area contributed by atoms with Crippen LogP contribution in [0.3, 0.4) is 0 Å². The van der Waals surface area contributed by atoms with Gasteiger partial charge in [0.1, 0.15) is 12.4 Å². The summed E-state index contributed by atoms with van der Waals surface area (Å²) in [5.74, 6) is 0. The summed E-state index contributed by atoms with van der Waals surface area (Å²) in [6.07, 6.45) is 6.34. The van der Waals surface area contributed by atoms with Crippen LogP contribution < -0.4 is 10.1 Å². The first-order valence-electron chi connectivity index (χ1n) is 8.61. The maximum Gasteiger partial charge on any atom is 0.317 e. The van der Waals surface area contributed by atoms with Crippen LogP contribution >= 0.6 is 11.6 Å². The molecule has 0 saturated carbocycles. The van der Waals surface area contributed by atoms with Crippen LogP contribution in [0.15, 0.2) is 41.6 Å². The van der Waals surface area contributed by atoms with Gasteiger partial charge in [0.25, 0.3) is 0 Å². The number of carbonyl (C=O) groups excluding carboxylic acids is 1. The summed E-state index contributed by atoms with van der Waals surface area (Å²) >= 11 is 5.13. The molecule has 1 N–H and O–H groups in total. The van der Waals surface area contributed by atoms with Crippen LogP contribution in [0.1, 0.15) is 18.4 Å². The number of halogens is 1. The Labute approximate surface area is 166 Å². The Kier molecular flexibility index (Phi) is 6.76. The second-order valence-corrected chi connectivity index (χ2v) is 7.99. The zero-order chi connectivity index (χ0) is 19.2. The van der Waals surface area contributed by atoms with Crippen molar-refractivity contribution in [3.8, 4) is 6.01 Å². The van der Waals surface area contributed by atoms with E-state index in [-0.39, 0.29) is 12.1 Å². The SMILES string of the molecule is C[S+]([O-])c1ccc(CNC(=O)N2CCC(Oc3ncccn3)CC2)c(Cl)c1. The van der Waals surface area contributed by atoms with Gasteiger partial charge in [-0.15, -0.1) is 0 Å². The van der Waals surface area contributed by atoms with Crippen LogP contribution in [0.5, 0.6) is 6.01 Å². The number of likely N-dealkylation sites (tertiary alicyclic amines) is 1. The van der Waals surface area contributed by atoms with Gasteiger partial charge in [-0.05, 0) is 28.9 Å². The molecule has 1 saturated heterocycles. The Hall–Kier alpha value is -2.03. The van der Waals surface area contributed by atoms with E-state index in [0.29, 0.717) is 35.6 Å². The third-order valence-corrected chi connectivity index (χ3v) is 5.60. The Morgan fingerprint density at radius 2 is 2.07 bits per heavy atom. The van der Waals surface area contributed by atoms with Gasteiger partial charge in [-0.2, -0.15) is 0 Å². The first-order chi connectivity index (χ1) is 13.0. The highest BCUT2D eigenvalue weighted by molar-refractivity contribution is 7.90. The fraction of sp³-hybridized carbons (Fsp3) is 0.389. The van der Waals surface area contributed by atoms with Crippen molar-refractivity contribution in [2.24, 2.45) is 0 Å². The summed E-state index contributed by atoms with van der Waals surface area (Å²) in [5, 5.41) is 3.38. The minimum atomic E-state index is -1.08. The molecule has 2 aromatic rings. The van der Waals surface area contributed by atoms with Crippen LogP contribution in [-0.4, -0.2) is 50.9 Å². The number of piperidine rings is 1. The molecule has 1 aromatic carbocycles. The monoisotopic (exact) mass is 408 g/mol. The van der Waals surface area contributed by atoms with E-state index >= 15 is 0 Å². The van der Waals surface area contributed by atoms with Gasteiger partial charge in [-0.3, -0.25) is 0 Å². The molecule has 0 spiro atoms. The topological polar surface area (TPSA) is 90.4 Å². The number of hydrogen-bond donors (Lipinski definition) is 1. The van der Waals surface area contributed by atoms with E-state index in [0.717, 1.165) is 18.4 Å². The van der Waals surface area contributed by atoms with Crippen molar-refractivity contribution in [1.29, 1.82) is 0 Å². The van der Waals surface area contributed by atoms with Crippen molar-refractivity contribution in [1.82, 2.24) is 20.2 Å². The van der Waals surface area contributed by atoms with Crippen molar-refractivity contribution < 1.29 is 14.1 Å². The molecule has 1 fully saturated rings. The third-order valence-electron chi connectivity index (χ3n) is 4.33. The maximum absolute atomic E-state index is 12.4. The molecule has 0 radical (unpaired) electrons. The molecule has 3 rings (SSSR count). The molecule has 1 aliphatic heterocycles. The summed E-state index contributed by atoms with van der Waals surface area (Å²) in [6.45, 7) is 1.53. The summed E-state index contributed by atoms with van der Waals surface area (Å²) in [5.41, 5.74) is 0.790. The van der Waals surface area contributed by atoms with E-state index in [4.69, 9.17) is 16.3 Å². The molecule has 144 valence electrons. The molecule has 1 atom stereocenters. The number of aromatic nitrogens is 2. The lowest BCUT2D eigenvalue weighted by Crippen LogP contribution is -2.46. The van der Waals surface area contributed by atoms with E-state index in [1.54, 1.807) is 47.8 Å². The lowest BCUT2D eigenvalue weighted by atomic mass is 10.1. The second-order valence-electron chi connectivity index (χ2n) is 6.20. The minimum absolute atomic E-state index is 0.00773. The molecule has 0 bridgehead atoms. The van der Waals surface area contributed by atoms with Crippen LogP contribution in [0, 0.1) is 0 Å². The summed E-state index contributed by atoms with van der Waals surface area (Å²) < 4.78 is 17.2. The standard InChI is InChI=1S/C18H21ClN4O3S/c1-27(25)15-4-3-13(16(19)11-15)12-22-18(24)23-9-5-14(6-10-23)26-17-20-7-2-8-21-17/h2-4,7-8,11,14H,5-6,9-10,12H2,1H3,(H,22,24). The third kappa shape index (κ3) is 5.47. The van der Waals surface area contributed by atoms with E-state index in [2.05, 4.69) is 15.3 Å². The Bertz CT molecular complexity index is 770. The van der Waals surface area contributed by atoms with Gasteiger partial charge in [0.15, 0.2) is 4.90 Å². The van der Waals surface area contributed by atoms with Crippen molar-refractivity contribution in [3.63, 3.8) is 0 Å². The number of nitrogens with one attached hydrogen (secondary N) is 1. The second kappa shape index (κ2) is 9.25. The molecular formula is C18H21ClN4O3S. The smallest absolute Gasteiger partial charge is 0.317 e. The Morgan fingerprint density at radius 3 is 2.70 bits per heavy atom. The molecular weight excluding hydrogens is 388 g/mol. The van der Waals surface area contributed by atoms with Crippen LogP contribution in [0.4, 0.5) is 4.79 Å². The average Bonchev–Trinajstić information content (AvgIpc) is 2.68. The van der Waals surface area contributed by atoms with Crippen molar-refractivity contribution in [3.05, 3.63) is 47.2 Å². The number of rotatable bonds is 5. The fourth-order valence-corrected chi connectivity index (χ4v) is 3.66. The minimum Gasteiger partial charge on any atom is -0.612 e. The van der Waals surface area contributed by atoms with Gasteiger partial charge in [-0.1, -0.05) is 17.7 Å². The summed E-state index contributed by atoms with van der Waals surface area (Å²) in [4.78, 5) is 22.9. The van der Waals surface area contributed by atoms with Gasteiger partial charge in [0.2, 0.25) is 0 Å². The van der Waals surface area contributed by atoms with Gasteiger partial charge < -0.3 is 19.5 Å². The number of hydrogen-bond acceptors (Lipinski definition) is 5. The molecule has 2 heterocycles. The average molecular weight is 409 g/mol. The van der Waals surface area contributed by atoms with Gasteiger partial charge >= 0.3 is 12.0 Å². The predicted molar refractivity (Wildman–Crippen MR) is 103 cm³/mol. The number of urea groups is 1. The lowest BCUT2D eigenvalue weighted by molar-refractivity contribution is 0.103. The van der Waals surface area contributed by atoms with Crippen LogP contribution in [0.2, 0.25) is 5.02 Å². The predicted octanol–water partition coefficient (Wildman–Crippen LogP) is 2.62. The zero-order valence-electron chi connectivity index (χ0n) is 14.9. The van der Waals surface area contributed by atoms with Gasteiger partial charge in [0, 0.05) is 50.9 Å². The van der Waals surface area contributed by atoms with E-state index in [1.807, 2.05) is 0 Å². The summed E-state index contributed by atoms with van der Waals surface area (Å²) in [6, 6.07) is 7.20. The molecule has 2 amide bonds. The quantitative estimate of drug-likeness (QED) is 0.768. The largest absolute Gasteiger partial charge is 0.612 e. The molecule has 0 aliphatic carbocycles. The number of ether oxygens (including phenoxy) is 1. The van der Waals surface area contributed by atoms with E-state index < -0.39 is 11.2 Å². The highest BCUT2D eigenvalue weighted by Gasteiger charge is 2.24. The summed E-state index contributed by atoms with van der Waals surface area (Å²) in [7, 11) is 0. The number of benzene rings is 1. The highest BCUT2D eigenvalue weighted by Crippen LogP contribution is 2.21.